The molecule has 1 aromatic rings. The molecule has 72 valence electrons. The van der Waals surface area contributed by atoms with Crippen molar-refractivity contribution < 1.29 is 13.2 Å². The topological polar surface area (TPSA) is 52.0 Å². The van der Waals surface area contributed by atoms with Gasteiger partial charge in [-0.3, -0.25) is 0 Å². The van der Waals surface area contributed by atoms with Gasteiger partial charge in [-0.05, 0) is 34.7 Å². The van der Waals surface area contributed by atoms with Gasteiger partial charge in [0.25, 0.3) is 0 Å². The van der Waals surface area contributed by atoms with Crippen LogP contribution < -0.4 is 11.5 Å². The fourth-order valence-corrected chi connectivity index (χ4v) is 1.34. The number of benzene rings is 1. The molecule has 0 radical (unpaired) electrons. The fourth-order valence-electron chi connectivity index (χ4n) is 0.851. The van der Waals surface area contributed by atoms with Crippen LogP contribution in [0.5, 0.6) is 0 Å². The molecule has 0 saturated heterocycles. The molecule has 2 nitrogen and oxygen atoms in total. The Hall–Kier alpha value is -0.660. The molecule has 0 aliphatic carbocycles. The minimum Gasteiger partial charge on any atom is -0.398 e. The van der Waals surface area contributed by atoms with Crippen LogP contribution >= 0.6 is 22.6 Å². The van der Waals surface area contributed by atoms with Crippen LogP contribution in [0.15, 0.2) is 12.1 Å². The standard InChI is InChI=1S/C7H6F3IN2/c8-7(9,10)3-1-6(13)4(11)2-5(3)12/h1-2H,12-13H2. The first-order valence-corrected chi connectivity index (χ1v) is 4.32. The Kier molecular flexibility index (Phi) is 2.60. The third-order valence-corrected chi connectivity index (χ3v) is 2.41. The summed E-state index contributed by atoms with van der Waals surface area (Å²) in [5.41, 5.74) is 9.42. The average molecular weight is 302 g/mol. The summed E-state index contributed by atoms with van der Waals surface area (Å²) in [5, 5.41) is 0. The van der Waals surface area contributed by atoms with E-state index in [9.17, 15) is 13.2 Å². The largest absolute Gasteiger partial charge is 0.418 e. The van der Waals surface area contributed by atoms with Crippen LogP contribution in [-0.4, -0.2) is 0 Å². The summed E-state index contributed by atoms with van der Waals surface area (Å²) in [6.45, 7) is 0. The van der Waals surface area contributed by atoms with E-state index in [0.717, 1.165) is 6.07 Å². The number of nitrogen functional groups attached to an aromatic ring is 2. The highest BCUT2D eigenvalue weighted by Gasteiger charge is 2.33. The Morgan fingerprint density at radius 3 is 2.08 bits per heavy atom. The molecule has 4 N–H and O–H groups in total. The van der Waals surface area contributed by atoms with Gasteiger partial charge in [-0.15, -0.1) is 0 Å². The van der Waals surface area contributed by atoms with Crippen molar-refractivity contribution in [1.29, 1.82) is 0 Å². The maximum absolute atomic E-state index is 12.2. The third kappa shape index (κ3) is 2.17. The molecule has 6 heteroatoms. The van der Waals surface area contributed by atoms with Crippen molar-refractivity contribution in [3.63, 3.8) is 0 Å². The first-order chi connectivity index (χ1) is 5.82. The van der Waals surface area contributed by atoms with Gasteiger partial charge in [0.1, 0.15) is 0 Å². The van der Waals surface area contributed by atoms with Gasteiger partial charge in [0.2, 0.25) is 0 Å². The van der Waals surface area contributed by atoms with E-state index in [1.54, 1.807) is 0 Å². The Morgan fingerprint density at radius 1 is 1.08 bits per heavy atom. The van der Waals surface area contributed by atoms with E-state index < -0.39 is 11.7 Å². The molecule has 0 aliphatic heterocycles. The molecule has 0 spiro atoms. The van der Waals surface area contributed by atoms with Crippen LogP contribution in [0.3, 0.4) is 0 Å². The lowest BCUT2D eigenvalue weighted by atomic mass is 10.1. The Bertz CT molecular complexity index is 335. The number of rotatable bonds is 0. The van der Waals surface area contributed by atoms with Crippen molar-refractivity contribution in [3.05, 3.63) is 21.3 Å². The van der Waals surface area contributed by atoms with Gasteiger partial charge >= 0.3 is 6.18 Å². The van der Waals surface area contributed by atoms with E-state index in [0.29, 0.717) is 3.57 Å². The summed E-state index contributed by atoms with van der Waals surface area (Å²) in [6, 6.07) is 2.05. The molecule has 0 amide bonds. The smallest absolute Gasteiger partial charge is 0.398 e. The van der Waals surface area contributed by atoms with Gasteiger partial charge in [-0.2, -0.15) is 13.2 Å². The maximum atomic E-state index is 12.2. The van der Waals surface area contributed by atoms with Gasteiger partial charge in [-0.1, -0.05) is 0 Å². The van der Waals surface area contributed by atoms with Crippen LogP contribution in [0.2, 0.25) is 0 Å². The SMILES string of the molecule is Nc1cc(C(F)(F)F)c(N)cc1I. The zero-order valence-corrected chi connectivity index (χ0v) is 8.48. The van der Waals surface area contributed by atoms with Crippen molar-refractivity contribution in [2.45, 2.75) is 6.18 Å². The summed E-state index contributed by atoms with van der Waals surface area (Å²) in [4.78, 5) is 0. The molecule has 0 aromatic heterocycles. The molecule has 1 aromatic carbocycles. The first kappa shape index (κ1) is 10.4. The van der Waals surface area contributed by atoms with Gasteiger partial charge in [0.15, 0.2) is 0 Å². The van der Waals surface area contributed by atoms with Crippen LogP contribution in [0.25, 0.3) is 0 Å². The number of anilines is 2. The number of halogens is 4. The molecule has 0 fully saturated rings. The highest BCUT2D eigenvalue weighted by molar-refractivity contribution is 14.1. The van der Waals surface area contributed by atoms with Gasteiger partial charge in [-0.25, -0.2) is 0 Å². The molecular formula is C7H6F3IN2. The Balaban J connectivity index is 3.32. The Labute approximate surface area is 86.2 Å². The minimum absolute atomic E-state index is 0.0853. The predicted molar refractivity (Wildman–Crippen MR) is 53.0 cm³/mol. The van der Waals surface area contributed by atoms with Crippen LogP contribution in [0, 0.1) is 3.57 Å². The number of alkyl halides is 3. The second-order valence-electron chi connectivity index (χ2n) is 2.46. The van der Waals surface area contributed by atoms with Crippen molar-refractivity contribution in [2.24, 2.45) is 0 Å². The lowest BCUT2D eigenvalue weighted by Gasteiger charge is -2.11. The zero-order valence-electron chi connectivity index (χ0n) is 6.32. The number of nitrogens with two attached hydrogens (primary N) is 2. The minimum atomic E-state index is -4.44. The predicted octanol–water partition coefficient (Wildman–Crippen LogP) is 2.47. The number of hydrogen-bond acceptors (Lipinski definition) is 2. The Morgan fingerprint density at radius 2 is 1.62 bits per heavy atom. The van der Waals surface area contributed by atoms with Crippen LogP contribution in [0.4, 0.5) is 24.5 Å². The summed E-state index contributed by atoms with van der Waals surface area (Å²) >= 11 is 1.82. The summed E-state index contributed by atoms with van der Waals surface area (Å²) in [7, 11) is 0. The van der Waals surface area contributed by atoms with Crippen molar-refractivity contribution in [2.75, 3.05) is 11.5 Å². The van der Waals surface area contributed by atoms with E-state index in [-0.39, 0.29) is 11.4 Å². The van der Waals surface area contributed by atoms with E-state index in [2.05, 4.69) is 0 Å². The highest BCUT2D eigenvalue weighted by Crippen LogP contribution is 2.36. The molecule has 0 atom stereocenters. The summed E-state index contributed by atoms with van der Waals surface area (Å²) < 4.78 is 37.2. The van der Waals surface area contributed by atoms with Gasteiger partial charge in [0, 0.05) is 14.9 Å². The van der Waals surface area contributed by atoms with Gasteiger partial charge in [0.05, 0.1) is 5.56 Å². The van der Waals surface area contributed by atoms with Crippen molar-refractivity contribution >= 4 is 34.0 Å². The van der Waals surface area contributed by atoms with Crippen LogP contribution in [0.1, 0.15) is 5.56 Å². The summed E-state index contributed by atoms with van der Waals surface area (Å²) in [6.07, 6.45) is -4.44. The average Bonchev–Trinajstić information content (AvgIpc) is 1.94. The monoisotopic (exact) mass is 302 g/mol. The second kappa shape index (κ2) is 3.24. The molecule has 13 heavy (non-hydrogen) atoms. The van der Waals surface area contributed by atoms with Crippen molar-refractivity contribution in [3.8, 4) is 0 Å². The second-order valence-corrected chi connectivity index (χ2v) is 3.62. The van der Waals surface area contributed by atoms with E-state index in [1.165, 1.54) is 6.07 Å². The van der Waals surface area contributed by atoms with E-state index >= 15 is 0 Å². The molecule has 0 heterocycles. The highest BCUT2D eigenvalue weighted by atomic mass is 127. The normalized spacial score (nSPS) is 11.7. The zero-order chi connectivity index (χ0) is 10.2. The molecule has 0 unspecified atom stereocenters. The lowest BCUT2D eigenvalue weighted by molar-refractivity contribution is -0.136. The molecule has 0 saturated carbocycles. The van der Waals surface area contributed by atoms with E-state index in [4.69, 9.17) is 11.5 Å². The third-order valence-electron chi connectivity index (χ3n) is 1.47. The fraction of sp³-hybridized carbons (Fsp3) is 0.143. The van der Waals surface area contributed by atoms with Crippen LogP contribution in [-0.2, 0) is 6.18 Å². The summed E-state index contributed by atoms with van der Waals surface area (Å²) in [5.74, 6) is 0. The van der Waals surface area contributed by atoms with E-state index in [1.807, 2.05) is 22.6 Å². The first-order valence-electron chi connectivity index (χ1n) is 3.24. The number of hydrogen-bond donors (Lipinski definition) is 2. The quantitative estimate of drug-likeness (QED) is 0.571. The van der Waals surface area contributed by atoms with Crippen molar-refractivity contribution in [1.82, 2.24) is 0 Å². The lowest BCUT2D eigenvalue weighted by Crippen LogP contribution is -2.10. The molecule has 0 bridgehead atoms. The maximum Gasteiger partial charge on any atom is 0.418 e. The molecular weight excluding hydrogens is 296 g/mol. The molecule has 1 rings (SSSR count). The molecule has 0 aliphatic rings. The van der Waals surface area contributed by atoms with Gasteiger partial charge < -0.3 is 11.5 Å².